The number of thiazole rings is 1. The minimum atomic E-state index is 0. The van der Waals surface area contributed by atoms with Crippen LogP contribution in [-0.2, 0) is 13.1 Å². The molecular weight excluding hydrogens is 386 g/mol. The van der Waals surface area contributed by atoms with Crippen molar-refractivity contribution in [3.8, 4) is 22.1 Å². The highest BCUT2D eigenvalue weighted by molar-refractivity contribution is 9.10. The van der Waals surface area contributed by atoms with Gasteiger partial charge in [-0.1, -0.05) is 28.1 Å². The maximum Gasteiger partial charge on any atom is 0.183 e. The molecule has 3 heterocycles. The number of halogens is 2. The fourth-order valence-corrected chi connectivity index (χ4v) is 3.45. The van der Waals surface area contributed by atoms with Crippen LogP contribution in [0.3, 0.4) is 0 Å². The Morgan fingerprint density at radius 1 is 1.18 bits per heavy atom. The number of rotatable bonds is 2. The molecule has 0 saturated carbocycles. The summed E-state index contributed by atoms with van der Waals surface area (Å²) in [5.41, 5.74) is 2.02. The largest absolute Gasteiger partial charge is 0.308 e. The fraction of sp³-hybridized carbons (Fsp3) is 0.214. The van der Waals surface area contributed by atoms with E-state index in [0.717, 1.165) is 52.0 Å². The van der Waals surface area contributed by atoms with Crippen LogP contribution in [0.15, 0.2) is 34.1 Å². The molecule has 0 amide bonds. The van der Waals surface area contributed by atoms with E-state index < -0.39 is 0 Å². The highest BCUT2D eigenvalue weighted by atomic mass is 79.9. The van der Waals surface area contributed by atoms with Gasteiger partial charge >= 0.3 is 0 Å². The van der Waals surface area contributed by atoms with Crippen LogP contribution in [-0.4, -0.2) is 26.3 Å². The second-order valence-electron chi connectivity index (χ2n) is 4.81. The molecule has 0 bridgehead atoms. The molecular formula is C14H13BrClN5S. The van der Waals surface area contributed by atoms with Crippen LogP contribution in [0.1, 0.15) is 5.82 Å². The lowest BCUT2D eigenvalue weighted by molar-refractivity contribution is 0.508. The predicted molar refractivity (Wildman–Crippen MR) is 93.2 cm³/mol. The Balaban J connectivity index is 0.00000144. The summed E-state index contributed by atoms with van der Waals surface area (Å²) in [6.07, 6.45) is 0. The molecule has 0 fully saturated rings. The topological polar surface area (TPSA) is 55.6 Å². The molecule has 0 atom stereocenters. The van der Waals surface area contributed by atoms with Crippen LogP contribution in [0, 0.1) is 0 Å². The van der Waals surface area contributed by atoms with Gasteiger partial charge in [-0.2, -0.15) is 0 Å². The Bertz CT molecular complexity index is 783. The van der Waals surface area contributed by atoms with Crippen molar-refractivity contribution >= 4 is 39.7 Å². The third-order valence-electron chi connectivity index (χ3n) is 3.45. The van der Waals surface area contributed by atoms with Crippen molar-refractivity contribution in [3.05, 3.63) is 39.9 Å². The van der Waals surface area contributed by atoms with Gasteiger partial charge in [-0.25, -0.2) is 4.98 Å². The zero-order valence-electron chi connectivity index (χ0n) is 11.5. The van der Waals surface area contributed by atoms with Gasteiger partial charge < -0.3 is 9.88 Å². The van der Waals surface area contributed by atoms with Crippen LogP contribution >= 0.6 is 39.7 Å². The van der Waals surface area contributed by atoms with Crippen molar-refractivity contribution in [2.24, 2.45) is 0 Å². The maximum absolute atomic E-state index is 4.72. The lowest BCUT2D eigenvalue weighted by atomic mass is 10.2. The molecule has 1 aromatic carbocycles. The average molecular weight is 399 g/mol. The zero-order chi connectivity index (χ0) is 14.2. The van der Waals surface area contributed by atoms with E-state index in [1.54, 1.807) is 11.3 Å². The van der Waals surface area contributed by atoms with Gasteiger partial charge in [-0.05, 0) is 12.1 Å². The molecule has 22 heavy (non-hydrogen) atoms. The van der Waals surface area contributed by atoms with E-state index in [2.05, 4.69) is 53.5 Å². The first-order valence-electron chi connectivity index (χ1n) is 6.66. The Labute approximate surface area is 146 Å². The van der Waals surface area contributed by atoms with Gasteiger partial charge in [0.2, 0.25) is 0 Å². The van der Waals surface area contributed by atoms with Gasteiger partial charge in [0.15, 0.2) is 5.82 Å². The Hall–Kier alpha value is -1.28. The quantitative estimate of drug-likeness (QED) is 0.719. The molecule has 5 nitrogen and oxygen atoms in total. The van der Waals surface area contributed by atoms with Crippen LogP contribution in [0.25, 0.3) is 22.1 Å². The Kier molecular flexibility index (Phi) is 4.58. The Morgan fingerprint density at radius 2 is 2.00 bits per heavy atom. The second kappa shape index (κ2) is 6.45. The van der Waals surface area contributed by atoms with E-state index in [4.69, 9.17) is 4.98 Å². The van der Waals surface area contributed by atoms with E-state index in [0.29, 0.717) is 0 Å². The number of hydrogen-bond acceptors (Lipinski definition) is 5. The summed E-state index contributed by atoms with van der Waals surface area (Å²) in [5, 5.41) is 14.9. The lowest BCUT2D eigenvalue weighted by Crippen LogP contribution is -2.28. The summed E-state index contributed by atoms with van der Waals surface area (Å²) in [6, 6.07) is 8.19. The molecule has 0 aliphatic carbocycles. The SMILES string of the molecule is Brc1ccc(-c2nc(-c3nnc4n3CCNC4)cs2)cc1.Cl. The first-order valence-corrected chi connectivity index (χ1v) is 8.33. The maximum atomic E-state index is 4.72. The molecule has 0 unspecified atom stereocenters. The third-order valence-corrected chi connectivity index (χ3v) is 4.87. The van der Waals surface area contributed by atoms with Crippen LogP contribution in [0.4, 0.5) is 0 Å². The van der Waals surface area contributed by atoms with Crippen molar-refractivity contribution in [2.75, 3.05) is 6.54 Å². The van der Waals surface area contributed by atoms with Crippen molar-refractivity contribution < 1.29 is 0 Å². The molecule has 0 saturated heterocycles. The van der Waals surface area contributed by atoms with Crippen molar-refractivity contribution in [1.82, 2.24) is 25.1 Å². The van der Waals surface area contributed by atoms with Crippen molar-refractivity contribution in [2.45, 2.75) is 13.1 Å². The smallest absolute Gasteiger partial charge is 0.183 e. The number of nitrogens with one attached hydrogen (secondary N) is 1. The van der Waals surface area contributed by atoms with E-state index in [-0.39, 0.29) is 12.4 Å². The minimum absolute atomic E-state index is 0. The number of hydrogen-bond donors (Lipinski definition) is 1. The molecule has 1 N–H and O–H groups in total. The van der Waals surface area contributed by atoms with Gasteiger partial charge in [0.25, 0.3) is 0 Å². The third kappa shape index (κ3) is 2.81. The van der Waals surface area contributed by atoms with Gasteiger partial charge in [0.05, 0.1) is 6.54 Å². The molecule has 3 aromatic rings. The van der Waals surface area contributed by atoms with Crippen LogP contribution < -0.4 is 5.32 Å². The zero-order valence-corrected chi connectivity index (χ0v) is 14.7. The van der Waals surface area contributed by atoms with E-state index >= 15 is 0 Å². The van der Waals surface area contributed by atoms with Gasteiger partial charge in [-0.15, -0.1) is 33.9 Å². The van der Waals surface area contributed by atoms with Crippen LogP contribution in [0.2, 0.25) is 0 Å². The lowest BCUT2D eigenvalue weighted by Gasteiger charge is -2.15. The second-order valence-corrected chi connectivity index (χ2v) is 6.59. The summed E-state index contributed by atoms with van der Waals surface area (Å²) in [6.45, 7) is 2.61. The average Bonchev–Trinajstić information content (AvgIpc) is 3.14. The summed E-state index contributed by atoms with van der Waals surface area (Å²) in [4.78, 5) is 4.72. The molecule has 4 rings (SSSR count). The van der Waals surface area contributed by atoms with Gasteiger partial charge in [0, 0.05) is 28.5 Å². The molecule has 114 valence electrons. The number of benzene rings is 1. The monoisotopic (exact) mass is 397 g/mol. The summed E-state index contributed by atoms with van der Waals surface area (Å²) < 4.78 is 3.22. The fourth-order valence-electron chi connectivity index (χ4n) is 2.38. The highest BCUT2D eigenvalue weighted by Crippen LogP contribution is 2.29. The normalized spacial score (nSPS) is 13.5. The molecule has 1 aliphatic rings. The first kappa shape index (κ1) is 15.6. The first-order chi connectivity index (χ1) is 10.3. The number of nitrogens with zero attached hydrogens (tertiary/aromatic N) is 4. The highest BCUT2D eigenvalue weighted by Gasteiger charge is 2.18. The minimum Gasteiger partial charge on any atom is -0.308 e. The molecule has 2 aromatic heterocycles. The van der Waals surface area contributed by atoms with Crippen molar-refractivity contribution in [3.63, 3.8) is 0 Å². The molecule has 0 spiro atoms. The van der Waals surface area contributed by atoms with Crippen LogP contribution in [0.5, 0.6) is 0 Å². The number of aromatic nitrogens is 4. The molecule has 1 aliphatic heterocycles. The van der Waals surface area contributed by atoms with Gasteiger partial charge in [0.1, 0.15) is 16.5 Å². The van der Waals surface area contributed by atoms with Crippen molar-refractivity contribution in [1.29, 1.82) is 0 Å². The number of fused-ring (bicyclic) bond motifs is 1. The van der Waals surface area contributed by atoms with E-state index in [1.165, 1.54) is 0 Å². The standard InChI is InChI=1S/C14H12BrN5S.ClH/c15-10-3-1-9(2-4-10)14-17-11(8-21-14)13-19-18-12-7-16-5-6-20(12)13;/h1-4,8,16H,5-7H2;1H. The summed E-state index contributed by atoms with van der Waals surface area (Å²) >= 11 is 5.09. The predicted octanol–water partition coefficient (Wildman–Crippen LogP) is 3.36. The summed E-state index contributed by atoms with van der Waals surface area (Å²) in [5.74, 6) is 1.85. The van der Waals surface area contributed by atoms with Gasteiger partial charge in [-0.3, -0.25) is 0 Å². The molecule has 0 radical (unpaired) electrons. The van der Waals surface area contributed by atoms with E-state index in [9.17, 15) is 0 Å². The Morgan fingerprint density at radius 3 is 2.82 bits per heavy atom. The molecule has 8 heteroatoms. The van der Waals surface area contributed by atoms with E-state index in [1.807, 2.05) is 12.1 Å². The summed E-state index contributed by atoms with van der Waals surface area (Å²) in [7, 11) is 0.